The van der Waals surface area contributed by atoms with E-state index in [-0.39, 0.29) is 36.6 Å². The van der Waals surface area contributed by atoms with Crippen molar-refractivity contribution in [1.82, 2.24) is 9.88 Å². The highest BCUT2D eigenvalue weighted by molar-refractivity contribution is 6.30. The van der Waals surface area contributed by atoms with Gasteiger partial charge in [-0.25, -0.2) is 4.98 Å². The van der Waals surface area contributed by atoms with Crippen molar-refractivity contribution < 1.29 is 4.79 Å². The van der Waals surface area contributed by atoms with Crippen LogP contribution in [0.3, 0.4) is 0 Å². The first-order valence-corrected chi connectivity index (χ1v) is 8.47. The molecule has 3 rings (SSSR count). The lowest BCUT2D eigenvalue weighted by atomic mass is 9.96. The minimum atomic E-state index is -0.0303. The summed E-state index contributed by atoms with van der Waals surface area (Å²) >= 11 is 5.81. The van der Waals surface area contributed by atoms with Gasteiger partial charge in [0.2, 0.25) is 5.91 Å². The fourth-order valence-corrected chi connectivity index (χ4v) is 3.15. The van der Waals surface area contributed by atoms with E-state index in [0.29, 0.717) is 10.8 Å². The highest BCUT2D eigenvalue weighted by atomic mass is 35.5. The lowest BCUT2D eigenvalue weighted by molar-refractivity contribution is -0.121. The Morgan fingerprint density at radius 2 is 2.12 bits per heavy atom. The Labute approximate surface area is 171 Å². The number of benzene rings is 1. The normalized spacial score (nSPS) is 16.9. The molecule has 1 unspecified atom stereocenters. The van der Waals surface area contributed by atoms with Gasteiger partial charge < -0.3 is 11.1 Å². The van der Waals surface area contributed by atoms with Crippen LogP contribution in [0.5, 0.6) is 0 Å². The van der Waals surface area contributed by atoms with Gasteiger partial charge in [-0.3, -0.25) is 9.69 Å². The Hall–Kier alpha value is -1.53. The molecular weight excluding hydrogens is 395 g/mol. The summed E-state index contributed by atoms with van der Waals surface area (Å²) in [6.07, 6.45) is 3.44. The lowest BCUT2D eigenvalue weighted by Gasteiger charge is -2.32. The number of likely N-dealkylation sites (tertiary alicyclic amines) is 1. The topological polar surface area (TPSA) is 71.2 Å². The molecule has 1 aliphatic heterocycles. The van der Waals surface area contributed by atoms with Gasteiger partial charge >= 0.3 is 0 Å². The van der Waals surface area contributed by atoms with Crippen LogP contribution in [0.25, 0.3) is 0 Å². The van der Waals surface area contributed by atoms with E-state index in [2.05, 4.69) is 21.3 Å². The van der Waals surface area contributed by atoms with E-state index in [0.717, 1.165) is 38.2 Å². The van der Waals surface area contributed by atoms with Crippen LogP contribution in [0.1, 0.15) is 18.4 Å². The minimum absolute atomic E-state index is 0. The average Bonchev–Trinajstić information content (AvgIpc) is 2.57. The van der Waals surface area contributed by atoms with Crippen molar-refractivity contribution in [2.75, 3.05) is 24.1 Å². The summed E-state index contributed by atoms with van der Waals surface area (Å²) in [5, 5.41) is 3.43. The van der Waals surface area contributed by atoms with Crippen molar-refractivity contribution in [2.24, 2.45) is 5.92 Å². The van der Waals surface area contributed by atoms with Crippen LogP contribution in [0, 0.1) is 5.92 Å². The molecule has 1 aromatic carbocycles. The number of hydrogen-bond donors (Lipinski definition) is 2. The number of nitrogens with zero attached hydrogens (tertiary/aromatic N) is 2. The number of carbonyl (C=O) groups is 1. The first-order chi connectivity index (χ1) is 11.6. The highest BCUT2D eigenvalue weighted by Crippen LogP contribution is 2.21. The number of nitrogens with one attached hydrogen (secondary N) is 1. The van der Waals surface area contributed by atoms with E-state index in [4.69, 9.17) is 17.3 Å². The lowest BCUT2D eigenvalue weighted by Crippen LogP contribution is -2.40. The number of halogens is 3. The fourth-order valence-electron chi connectivity index (χ4n) is 3.04. The van der Waals surface area contributed by atoms with E-state index < -0.39 is 0 Å². The van der Waals surface area contributed by atoms with Crippen molar-refractivity contribution >= 4 is 53.8 Å². The fraction of sp³-hybridized carbons (Fsp3) is 0.333. The zero-order chi connectivity index (χ0) is 16.9. The van der Waals surface area contributed by atoms with Crippen molar-refractivity contribution in [3.63, 3.8) is 0 Å². The summed E-state index contributed by atoms with van der Waals surface area (Å²) in [5.41, 5.74) is 7.78. The number of nitrogens with two attached hydrogens (primary N) is 1. The van der Waals surface area contributed by atoms with E-state index in [1.54, 1.807) is 12.1 Å². The molecular formula is C18H23Cl3N4O. The Kier molecular flexibility index (Phi) is 9.16. The molecule has 5 nitrogen and oxygen atoms in total. The van der Waals surface area contributed by atoms with Gasteiger partial charge in [0.1, 0.15) is 5.82 Å². The number of nitrogen functional groups attached to an aromatic ring is 1. The number of pyridine rings is 1. The quantitative estimate of drug-likeness (QED) is 0.737. The van der Waals surface area contributed by atoms with Crippen LogP contribution in [0.4, 0.5) is 11.5 Å². The van der Waals surface area contributed by atoms with E-state index in [1.807, 2.05) is 18.2 Å². The molecule has 1 aliphatic rings. The predicted octanol–water partition coefficient (Wildman–Crippen LogP) is 4.01. The molecule has 2 aromatic rings. The molecule has 0 spiro atoms. The zero-order valence-electron chi connectivity index (χ0n) is 14.2. The molecule has 1 atom stereocenters. The molecule has 8 heteroatoms. The highest BCUT2D eigenvalue weighted by Gasteiger charge is 2.26. The summed E-state index contributed by atoms with van der Waals surface area (Å²) in [5.74, 6) is 0.525. The van der Waals surface area contributed by atoms with Crippen molar-refractivity contribution in [3.05, 3.63) is 53.2 Å². The Bertz CT molecular complexity index is 712. The largest absolute Gasteiger partial charge is 0.399 e. The van der Waals surface area contributed by atoms with E-state index in [1.165, 1.54) is 11.8 Å². The molecule has 1 aromatic heterocycles. The number of hydrogen-bond acceptors (Lipinski definition) is 4. The number of anilines is 2. The Morgan fingerprint density at radius 1 is 1.31 bits per heavy atom. The van der Waals surface area contributed by atoms with Crippen molar-refractivity contribution in [1.29, 1.82) is 0 Å². The molecule has 3 N–H and O–H groups in total. The van der Waals surface area contributed by atoms with Gasteiger partial charge in [-0.1, -0.05) is 23.7 Å². The summed E-state index contributed by atoms with van der Waals surface area (Å²) in [4.78, 5) is 18.9. The number of carbonyl (C=O) groups excluding carboxylic acids is 1. The van der Waals surface area contributed by atoms with Crippen LogP contribution in [0.2, 0.25) is 5.02 Å². The molecule has 2 heterocycles. The van der Waals surface area contributed by atoms with Gasteiger partial charge in [-0.2, -0.15) is 0 Å². The second kappa shape index (κ2) is 10.6. The van der Waals surface area contributed by atoms with Crippen molar-refractivity contribution in [3.8, 4) is 0 Å². The first kappa shape index (κ1) is 22.5. The maximum absolute atomic E-state index is 12.5. The molecule has 1 fully saturated rings. The standard InChI is InChI=1S/C18H21ClN4O.2ClH/c19-15-6-7-17(21-10-15)22-18(24)14-4-2-8-23(12-14)11-13-3-1-5-16(20)9-13;;/h1,3,5-7,9-10,14H,2,4,8,11-12,20H2,(H,21,22,24);2*1H. The van der Waals surface area contributed by atoms with Crippen LogP contribution < -0.4 is 11.1 Å². The third-order valence-electron chi connectivity index (χ3n) is 4.21. The molecule has 1 saturated heterocycles. The third kappa shape index (κ3) is 6.32. The summed E-state index contributed by atoms with van der Waals surface area (Å²) in [6, 6.07) is 11.3. The zero-order valence-corrected chi connectivity index (χ0v) is 16.6. The summed E-state index contributed by atoms with van der Waals surface area (Å²) in [6.45, 7) is 2.56. The van der Waals surface area contributed by atoms with Crippen LogP contribution >= 0.6 is 36.4 Å². The van der Waals surface area contributed by atoms with Crippen LogP contribution in [-0.2, 0) is 11.3 Å². The minimum Gasteiger partial charge on any atom is -0.399 e. The van der Waals surface area contributed by atoms with E-state index in [9.17, 15) is 4.79 Å². The molecule has 0 saturated carbocycles. The molecule has 0 aliphatic carbocycles. The van der Waals surface area contributed by atoms with E-state index >= 15 is 0 Å². The molecule has 142 valence electrons. The molecule has 0 bridgehead atoms. The number of rotatable bonds is 4. The third-order valence-corrected chi connectivity index (χ3v) is 4.44. The maximum atomic E-state index is 12.5. The van der Waals surface area contributed by atoms with Gasteiger partial charge in [0.15, 0.2) is 0 Å². The first-order valence-electron chi connectivity index (χ1n) is 8.09. The Balaban J connectivity index is 0.00000169. The van der Waals surface area contributed by atoms with Gasteiger partial charge in [0.05, 0.1) is 10.9 Å². The van der Waals surface area contributed by atoms with Crippen LogP contribution in [0.15, 0.2) is 42.6 Å². The van der Waals surface area contributed by atoms with Gasteiger partial charge in [0.25, 0.3) is 0 Å². The predicted molar refractivity (Wildman–Crippen MR) is 111 cm³/mol. The van der Waals surface area contributed by atoms with Gasteiger partial charge in [0, 0.05) is 25.0 Å². The summed E-state index contributed by atoms with van der Waals surface area (Å²) < 4.78 is 0. The molecule has 1 amide bonds. The number of amides is 1. The Morgan fingerprint density at radius 3 is 2.81 bits per heavy atom. The average molecular weight is 418 g/mol. The SMILES string of the molecule is Cl.Cl.Nc1cccc(CN2CCCC(C(=O)Nc3ccc(Cl)cn3)C2)c1. The second-order valence-electron chi connectivity index (χ2n) is 6.17. The molecule has 26 heavy (non-hydrogen) atoms. The van der Waals surface area contributed by atoms with Gasteiger partial charge in [-0.15, -0.1) is 24.8 Å². The van der Waals surface area contributed by atoms with Crippen molar-refractivity contribution in [2.45, 2.75) is 19.4 Å². The maximum Gasteiger partial charge on any atom is 0.229 e. The summed E-state index contributed by atoms with van der Waals surface area (Å²) in [7, 11) is 0. The monoisotopic (exact) mass is 416 g/mol. The number of aromatic nitrogens is 1. The van der Waals surface area contributed by atoms with Gasteiger partial charge in [-0.05, 0) is 49.2 Å². The van der Waals surface area contributed by atoms with Crippen LogP contribution in [-0.4, -0.2) is 28.9 Å². The second-order valence-corrected chi connectivity index (χ2v) is 6.61. The number of piperidine rings is 1. The smallest absolute Gasteiger partial charge is 0.229 e. The molecule has 0 radical (unpaired) electrons.